The van der Waals surface area contributed by atoms with Crippen LogP contribution in [0.4, 0.5) is 0 Å². The predicted octanol–water partition coefficient (Wildman–Crippen LogP) is 4.50. The SMILES string of the molecule is CCC[C@@H](O)CN(Cc1ccccc1)C[C@@H]1CC(c2ccc(Cl)cc2)=NO1. The van der Waals surface area contributed by atoms with Crippen molar-refractivity contribution in [3.05, 3.63) is 70.7 Å². The molecule has 4 nitrogen and oxygen atoms in total. The van der Waals surface area contributed by atoms with E-state index in [0.29, 0.717) is 11.6 Å². The van der Waals surface area contributed by atoms with Gasteiger partial charge in [0.2, 0.25) is 0 Å². The maximum atomic E-state index is 10.3. The van der Waals surface area contributed by atoms with Crippen LogP contribution >= 0.6 is 11.6 Å². The van der Waals surface area contributed by atoms with Gasteiger partial charge in [0.05, 0.1) is 11.8 Å². The Morgan fingerprint density at radius 3 is 2.63 bits per heavy atom. The normalized spacial score (nSPS) is 17.6. The molecule has 0 bridgehead atoms. The number of rotatable bonds is 9. The number of benzene rings is 2. The maximum Gasteiger partial charge on any atom is 0.145 e. The van der Waals surface area contributed by atoms with E-state index in [0.717, 1.165) is 43.6 Å². The fraction of sp³-hybridized carbons (Fsp3) is 0.409. The van der Waals surface area contributed by atoms with Crippen molar-refractivity contribution in [2.75, 3.05) is 13.1 Å². The lowest BCUT2D eigenvalue weighted by Crippen LogP contribution is -2.37. The molecule has 2 aromatic rings. The number of hydrogen-bond acceptors (Lipinski definition) is 4. The molecule has 1 aliphatic heterocycles. The highest BCUT2D eigenvalue weighted by Crippen LogP contribution is 2.20. The highest BCUT2D eigenvalue weighted by atomic mass is 35.5. The minimum absolute atomic E-state index is 0.00628. The second-order valence-electron chi connectivity index (χ2n) is 7.10. The third-order valence-electron chi connectivity index (χ3n) is 4.71. The van der Waals surface area contributed by atoms with Gasteiger partial charge >= 0.3 is 0 Å². The molecule has 1 N–H and O–H groups in total. The Balaban J connectivity index is 1.61. The third-order valence-corrected chi connectivity index (χ3v) is 4.96. The van der Waals surface area contributed by atoms with Crippen molar-refractivity contribution in [2.24, 2.45) is 5.16 Å². The Labute approximate surface area is 166 Å². The molecule has 1 aliphatic rings. The van der Waals surface area contributed by atoms with E-state index in [1.54, 1.807) is 0 Å². The molecule has 0 unspecified atom stereocenters. The summed E-state index contributed by atoms with van der Waals surface area (Å²) in [6, 6.07) is 18.0. The second-order valence-corrected chi connectivity index (χ2v) is 7.54. The van der Waals surface area contributed by atoms with Gasteiger partial charge in [0, 0.05) is 31.1 Å². The lowest BCUT2D eigenvalue weighted by Gasteiger charge is -2.27. The zero-order chi connectivity index (χ0) is 19.1. The van der Waals surface area contributed by atoms with Gasteiger partial charge in [-0.3, -0.25) is 4.90 Å². The molecule has 0 saturated heterocycles. The van der Waals surface area contributed by atoms with Gasteiger partial charge in [0.1, 0.15) is 6.10 Å². The summed E-state index contributed by atoms with van der Waals surface area (Å²) in [6.07, 6.45) is 2.22. The first-order valence-electron chi connectivity index (χ1n) is 9.57. The van der Waals surface area contributed by atoms with E-state index in [1.807, 2.05) is 42.5 Å². The van der Waals surface area contributed by atoms with Crippen molar-refractivity contribution in [3.8, 4) is 0 Å². The topological polar surface area (TPSA) is 45.1 Å². The van der Waals surface area contributed by atoms with E-state index in [4.69, 9.17) is 16.4 Å². The standard InChI is InChI=1S/C22H27ClN2O2/c1-2-6-20(26)15-25(14-17-7-4-3-5-8-17)16-21-13-22(24-27-21)18-9-11-19(23)12-10-18/h3-5,7-12,20-21,26H,2,6,13-16H2,1H3/t20-,21+/m1/s1. The number of hydrogen-bond donors (Lipinski definition) is 1. The smallest absolute Gasteiger partial charge is 0.145 e. The molecule has 5 heteroatoms. The zero-order valence-corrected chi connectivity index (χ0v) is 16.5. The highest BCUT2D eigenvalue weighted by Gasteiger charge is 2.25. The summed E-state index contributed by atoms with van der Waals surface area (Å²) in [6.45, 7) is 4.25. The van der Waals surface area contributed by atoms with Gasteiger partial charge in [-0.05, 0) is 29.7 Å². The Morgan fingerprint density at radius 2 is 1.93 bits per heavy atom. The molecule has 27 heavy (non-hydrogen) atoms. The summed E-state index contributed by atoms with van der Waals surface area (Å²) >= 11 is 5.97. The molecule has 2 aromatic carbocycles. The molecule has 3 rings (SSSR count). The number of aliphatic hydroxyl groups excluding tert-OH is 1. The molecule has 2 atom stereocenters. The summed E-state index contributed by atoms with van der Waals surface area (Å²) in [4.78, 5) is 7.96. The number of halogens is 1. The van der Waals surface area contributed by atoms with Crippen molar-refractivity contribution in [1.29, 1.82) is 0 Å². The van der Waals surface area contributed by atoms with E-state index in [1.165, 1.54) is 5.56 Å². The van der Waals surface area contributed by atoms with Gasteiger partial charge in [-0.15, -0.1) is 0 Å². The van der Waals surface area contributed by atoms with Gasteiger partial charge in [-0.1, -0.05) is 72.6 Å². The van der Waals surface area contributed by atoms with Crippen LogP contribution < -0.4 is 0 Å². The molecule has 0 fully saturated rings. The van der Waals surface area contributed by atoms with Gasteiger partial charge in [-0.2, -0.15) is 0 Å². The highest BCUT2D eigenvalue weighted by molar-refractivity contribution is 6.30. The van der Waals surface area contributed by atoms with Crippen LogP contribution in [0.25, 0.3) is 0 Å². The first-order valence-corrected chi connectivity index (χ1v) is 9.94. The molecule has 0 amide bonds. The van der Waals surface area contributed by atoms with E-state index >= 15 is 0 Å². The fourth-order valence-corrected chi connectivity index (χ4v) is 3.52. The molecular weight excluding hydrogens is 360 g/mol. The minimum atomic E-state index is -0.322. The lowest BCUT2D eigenvalue weighted by molar-refractivity contribution is 0.0305. The van der Waals surface area contributed by atoms with Gasteiger partial charge in [0.25, 0.3) is 0 Å². The molecule has 144 valence electrons. The number of aliphatic hydroxyl groups is 1. The van der Waals surface area contributed by atoms with Crippen LogP contribution in [0.1, 0.15) is 37.3 Å². The molecule has 1 heterocycles. The van der Waals surface area contributed by atoms with Crippen molar-refractivity contribution in [2.45, 2.75) is 44.9 Å². The Bertz CT molecular complexity index is 734. The maximum absolute atomic E-state index is 10.3. The summed E-state index contributed by atoms with van der Waals surface area (Å²) < 4.78 is 0. The number of oxime groups is 1. The monoisotopic (exact) mass is 386 g/mol. The van der Waals surface area contributed by atoms with Gasteiger partial charge in [-0.25, -0.2) is 0 Å². The van der Waals surface area contributed by atoms with E-state index in [9.17, 15) is 5.11 Å². The van der Waals surface area contributed by atoms with Crippen molar-refractivity contribution < 1.29 is 9.94 Å². The van der Waals surface area contributed by atoms with E-state index in [-0.39, 0.29) is 12.2 Å². The quantitative estimate of drug-likeness (QED) is 0.690. The summed E-state index contributed by atoms with van der Waals surface area (Å²) in [7, 11) is 0. The van der Waals surface area contributed by atoms with Crippen LogP contribution in [0, 0.1) is 0 Å². The van der Waals surface area contributed by atoms with E-state index in [2.05, 4.69) is 29.1 Å². The summed E-state index contributed by atoms with van der Waals surface area (Å²) in [5, 5.41) is 15.3. The van der Waals surface area contributed by atoms with Crippen molar-refractivity contribution in [3.63, 3.8) is 0 Å². The van der Waals surface area contributed by atoms with Crippen LogP contribution in [0.3, 0.4) is 0 Å². The third kappa shape index (κ3) is 6.06. The molecule has 0 aliphatic carbocycles. The zero-order valence-electron chi connectivity index (χ0n) is 15.7. The van der Waals surface area contributed by atoms with Crippen molar-refractivity contribution in [1.82, 2.24) is 4.90 Å². The molecule has 0 aromatic heterocycles. The fourth-order valence-electron chi connectivity index (χ4n) is 3.39. The first-order chi connectivity index (χ1) is 13.1. The molecular formula is C22H27ClN2O2. The van der Waals surface area contributed by atoms with Crippen LogP contribution in [0.2, 0.25) is 5.02 Å². The summed E-state index contributed by atoms with van der Waals surface area (Å²) in [5.41, 5.74) is 3.23. The number of nitrogens with zero attached hydrogens (tertiary/aromatic N) is 2. The Morgan fingerprint density at radius 1 is 1.19 bits per heavy atom. The van der Waals surface area contributed by atoms with E-state index < -0.39 is 0 Å². The largest absolute Gasteiger partial charge is 0.392 e. The second kappa shape index (κ2) is 9.88. The first kappa shape index (κ1) is 19.9. The van der Waals surface area contributed by atoms with Gasteiger partial charge in [0.15, 0.2) is 0 Å². The summed E-state index contributed by atoms with van der Waals surface area (Å²) in [5.74, 6) is 0. The molecule has 0 radical (unpaired) electrons. The van der Waals surface area contributed by atoms with Gasteiger partial charge < -0.3 is 9.94 Å². The average molecular weight is 387 g/mol. The van der Waals surface area contributed by atoms with Crippen LogP contribution in [-0.2, 0) is 11.4 Å². The molecule has 0 saturated carbocycles. The predicted molar refractivity (Wildman–Crippen MR) is 110 cm³/mol. The van der Waals surface area contributed by atoms with Crippen molar-refractivity contribution >= 4 is 17.3 Å². The average Bonchev–Trinajstić information content (AvgIpc) is 3.11. The Kier molecular flexibility index (Phi) is 7.27. The molecule has 0 spiro atoms. The minimum Gasteiger partial charge on any atom is -0.392 e. The van der Waals surface area contributed by atoms with Crippen LogP contribution in [-0.4, -0.2) is 41.0 Å². The van der Waals surface area contributed by atoms with Crippen LogP contribution in [0.15, 0.2) is 59.8 Å². The lowest BCUT2D eigenvalue weighted by atomic mass is 10.0. The van der Waals surface area contributed by atoms with Crippen LogP contribution in [0.5, 0.6) is 0 Å². The Hall–Kier alpha value is -1.88.